The average Bonchev–Trinajstić information content (AvgIpc) is 0.848. The Balaban J connectivity index is 0.914. The van der Waals surface area contributed by atoms with Gasteiger partial charge in [-0.15, -0.1) is 0 Å². The number of carboxylic acid groups (broad SMARTS) is 3. The number of hydrogen-bond donors (Lipinski definition) is 17. The van der Waals surface area contributed by atoms with E-state index in [1.54, 1.807) is 0 Å². The number of rotatable bonds is 51. The molecule has 30 nitrogen and oxygen atoms in total. The van der Waals surface area contributed by atoms with Crippen molar-refractivity contribution in [3.63, 3.8) is 0 Å². The Kier molecular flexibility index (Phi) is 43.6. The second kappa shape index (κ2) is 53.3. The molecule has 4 aromatic carbocycles. The SMILES string of the molecule is NC(=O)C(CC(=O)C(Cc1ccccc1)NC(=O)CCCC(=O)NC12CNCCNCC(NC(=O)CCCC(=O)NC(Cc3ccccc3)C(=O)CC(Cc3ccccc3)C(=O)NCCCCCCCC(=O)CCCCCCCC(NC(=O)NC(CCC(=O)O)C(=O)O)C(=O)O)(CNCCNC1)CNCCNC2)Cc1ccccc1. The topological polar surface area (TPSA) is 465 Å². The molecular weight excluding hydrogens is 1470 g/mol. The van der Waals surface area contributed by atoms with Gasteiger partial charge in [-0.2, -0.15) is 0 Å². The van der Waals surface area contributed by atoms with Crippen molar-refractivity contribution in [3.8, 4) is 0 Å². The first-order chi connectivity index (χ1) is 55.5. The summed E-state index contributed by atoms with van der Waals surface area (Å²) in [6.45, 7) is 5.94. The summed E-state index contributed by atoms with van der Waals surface area (Å²) >= 11 is 0. The molecule has 2 bridgehead atoms. The van der Waals surface area contributed by atoms with Gasteiger partial charge < -0.3 is 90.2 Å². The molecule has 6 atom stereocenters. The van der Waals surface area contributed by atoms with Gasteiger partial charge >= 0.3 is 23.9 Å². The first-order valence-corrected chi connectivity index (χ1v) is 41.0. The molecule has 3 fully saturated rings. The number of primary amides is 1. The highest BCUT2D eigenvalue weighted by atomic mass is 16.4. The average molecular weight is 1600 g/mol. The van der Waals surface area contributed by atoms with Crippen molar-refractivity contribution in [2.45, 2.75) is 209 Å². The number of benzene rings is 4. The van der Waals surface area contributed by atoms with Gasteiger partial charge in [0.2, 0.25) is 35.4 Å². The number of amides is 8. The highest BCUT2D eigenvalue weighted by molar-refractivity contribution is 5.94. The van der Waals surface area contributed by atoms with Crippen LogP contribution in [0.4, 0.5) is 4.79 Å². The van der Waals surface area contributed by atoms with Crippen LogP contribution in [0.25, 0.3) is 0 Å². The maximum absolute atomic E-state index is 14.5. The predicted octanol–water partition coefficient (Wildman–Crippen LogP) is 4.01. The molecule has 4 aromatic rings. The molecule has 0 spiro atoms. The summed E-state index contributed by atoms with van der Waals surface area (Å²) < 4.78 is 0. The molecule has 8 amide bonds. The number of carbonyl (C=O) groups is 13. The summed E-state index contributed by atoms with van der Waals surface area (Å²) in [4.78, 5) is 169. The molecule has 3 heterocycles. The Bertz CT molecular complexity index is 3630. The van der Waals surface area contributed by atoms with E-state index >= 15 is 0 Å². The van der Waals surface area contributed by atoms with Crippen molar-refractivity contribution in [1.29, 1.82) is 0 Å². The third kappa shape index (κ3) is 38.9. The van der Waals surface area contributed by atoms with Crippen LogP contribution in [0.1, 0.15) is 170 Å². The lowest BCUT2D eigenvalue weighted by Crippen LogP contribution is -2.68. The molecular formula is C85H124N14O16. The molecule has 30 heteroatoms. The van der Waals surface area contributed by atoms with Crippen molar-refractivity contribution >= 4 is 76.7 Å². The van der Waals surface area contributed by atoms with Gasteiger partial charge in [-0.1, -0.05) is 166 Å². The van der Waals surface area contributed by atoms with Crippen LogP contribution in [0.5, 0.6) is 0 Å². The van der Waals surface area contributed by atoms with Gasteiger partial charge in [0, 0.05) is 155 Å². The van der Waals surface area contributed by atoms with Crippen molar-refractivity contribution < 1.29 is 77.6 Å². The number of carboxylic acids is 3. The standard InChI is InChI=1S/C85H124N14O16/c86-79(109)65(49-61-25-11-7-12-26-61)53-72(101)70(51-63-29-15-9-16-30-63)94-74(103)36-23-38-76(105)98-84-55-87-43-46-90-58-85(59-91-47-44-88-56-84,60-92-48-45-89-57-84)99-77(106)39-24-37-75(104)95-71(52-64-31-17-10-18-32-64)73(102)54-66(50-62-27-13-8-14-28-62)80(110)93-42-22-6-2-4-20-34-67(100)33-19-3-1-5-21-35-68(81(111)112)96-83(115)97-69(82(113)114)40-41-78(107)108/h7-18,25-32,65-66,68-71,87-92H,1-6,19-24,33-60H2,(H2,86,109)(H,93,110)(H,94,103)(H,95,104)(H,98,105)(H,99,106)(H,107,108)(H,111,112)(H,113,114)(H2,96,97,115). The number of urea groups is 1. The van der Waals surface area contributed by atoms with Crippen molar-refractivity contribution in [2.24, 2.45) is 17.6 Å². The second-order valence-electron chi connectivity index (χ2n) is 30.5. The Morgan fingerprint density at radius 3 is 1.08 bits per heavy atom. The molecule has 0 radical (unpaired) electrons. The van der Waals surface area contributed by atoms with Crippen molar-refractivity contribution in [3.05, 3.63) is 144 Å². The van der Waals surface area contributed by atoms with E-state index in [4.69, 9.17) is 10.8 Å². The van der Waals surface area contributed by atoms with E-state index < -0.39 is 89.3 Å². The number of nitrogens with two attached hydrogens (primary N) is 1. The molecule has 115 heavy (non-hydrogen) atoms. The van der Waals surface area contributed by atoms with Crippen LogP contribution < -0.4 is 74.9 Å². The zero-order chi connectivity index (χ0) is 82.9. The van der Waals surface area contributed by atoms with Crippen LogP contribution in [0, 0.1) is 11.8 Å². The van der Waals surface area contributed by atoms with Gasteiger partial charge in [-0.3, -0.25) is 47.9 Å². The molecule has 630 valence electrons. The Morgan fingerprint density at radius 2 is 0.696 bits per heavy atom. The molecule has 3 saturated heterocycles. The molecule has 0 aliphatic carbocycles. The number of carbonyl (C=O) groups excluding carboxylic acids is 10. The summed E-state index contributed by atoms with van der Waals surface area (Å²) in [7, 11) is 0. The minimum Gasteiger partial charge on any atom is -0.481 e. The monoisotopic (exact) mass is 1600 g/mol. The lowest BCUT2D eigenvalue weighted by Gasteiger charge is -2.39. The molecule has 0 aromatic heterocycles. The van der Waals surface area contributed by atoms with E-state index in [1.807, 2.05) is 121 Å². The maximum atomic E-state index is 14.5. The Morgan fingerprint density at radius 1 is 0.357 bits per heavy atom. The van der Waals surface area contributed by atoms with Gasteiger partial charge in [0.25, 0.3) is 0 Å². The van der Waals surface area contributed by atoms with E-state index in [0.29, 0.717) is 130 Å². The second-order valence-corrected chi connectivity index (χ2v) is 30.5. The Labute approximate surface area is 675 Å². The summed E-state index contributed by atoms with van der Waals surface area (Å²) in [5.74, 6) is -8.01. The van der Waals surface area contributed by atoms with Crippen LogP contribution in [0.2, 0.25) is 0 Å². The zero-order valence-electron chi connectivity index (χ0n) is 66.5. The van der Waals surface area contributed by atoms with E-state index in [0.717, 1.165) is 60.8 Å². The fourth-order valence-corrected chi connectivity index (χ4v) is 14.3. The van der Waals surface area contributed by atoms with E-state index in [-0.39, 0.29) is 124 Å². The first-order valence-electron chi connectivity index (χ1n) is 41.0. The van der Waals surface area contributed by atoms with Crippen LogP contribution in [0.3, 0.4) is 0 Å². The van der Waals surface area contributed by atoms with E-state index in [1.165, 1.54) is 0 Å². The van der Waals surface area contributed by atoms with E-state index in [2.05, 4.69) is 69.1 Å². The number of nitrogens with one attached hydrogen (secondary N) is 13. The van der Waals surface area contributed by atoms with Gasteiger partial charge in [0.1, 0.15) is 17.9 Å². The summed E-state index contributed by atoms with van der Waals surface area (Å²) in [5.41, 5.74) is 7.66. The zero-order valence-corrected chi connectivity index (χ0v) is 66.5. The minimum absolute atomic E-state index is 0.00909. The largest absolute Gasteiger partial charge is 0.481 e. The molecule has 3 aliphatic heterocycles. The van der Waals surface area contributed by atoms with Gasteiger partial charge in [-0.05, 0) is 92.9 Å². The van der Waals surface area contributed by atoms with Crippen LogP contribution in [-0.4, -0.2) is 212 Å². The number of fused-ring (bicyclic) bond motifs is 15. The highest BCUT2D eigenvalue weighted by Gasteiger charge is 2.36. The van der Waals surface area contributed by atoms with E-state index in [9.17, 15) is 72.5 Å². The third-order valence-electron chi connectivity index (χ3n) is 20.7. The minimum atomic E-state index is -1.49. The van der Waals surface area contributed by atoms with Crippen molar-refractivity contribution in [2.75, 3.05) is 85.1 Å². The molecule has 0 saturated carbocycles. The maximum Gasteiger partial charge on any atom is 0.326 e. The lowest BCUT2D eigenvalue weighted by molar-refractivity contribution is -0.141. The summed E-state index contributed by atoms with van der Waals surface area (Å²) in [6.07, 6.45) is 8.63. The summed E-state index contributed by atoms with van der Waals surface area (Å²) in [5, 5.41) is 68.8. The number of unbranched alkanes of at least 4 members (excludes halogenated alkanes) is 8. The Hall–Kier alpha value is -9.85. The number of hydrogen-bond acceptors (Lipinski definition) is 19. The summed E-state index contributed by atoms with van der Waals surface area (Å²) in [6, 6.07) is 31.8. The van der Waals surface area contributed by atoms with Gasteiger partial charge in [0.05, 0.1) is 23.2 Å². The van der Waals surface area contributed by atoms with Crippen LogP contribution >= 0.6 is 0 Å². The normalized spacial score (nSPS) is 17.7. The number of ketones is 3. The smallest absolute Gasteiger partial charge is 0.326 e. The predicted molar refractivity (Wildman–Crippen MR) is 436 cm³/mol. The molecule has 7 rings (SSSR count). The fraction of sp³-hybridized carbons (Fsp3) is 0.565. The fourth-order valence-electron chi connectivity index (χ4n) is 14.3. The number of aliphatic carboxylic acids is 3. The quantitative estimate of drug-likeness (QED) is 0.0278. The molecule has 3 aliphatic rings. The van der Waals surface area contributed by atoms with Crippen molar-refractivity contribution in [1.82, 2.24) is 69.1 Å². The molecule has 6 unspecified atom stereocenters. The first kappa shape index (κ1) is 94.0. The lowest BCUT2D eigenvalue weighted by atomic mass is 9.89. The third-order valence-corrected chi connectivity index (χ3v) is 20.7. The molecule has 18 N–H and O–H groups in total. The van der Waals surface area contributed by atoms with Crippen LogP contribution in [0.15, 0.2) is 121 Å². The highest BCUT2D eigenvalue weighted by Crippen LogP contribution is 2.21. The number of Topliss-reactive ketones (excluding diaryl/α,β-unsaturated/α-hetero) is 3. The van der Waals surface area contributed by atoms with Gasteiger partial charge in [0.15, 0.2) is 11.6 Å². The van der Waals surface area contributed by atoms with Gasteiger partial charge in [-0.25, -0.2) is 14.4 Å². The van der Waals surface area contributed by atoms with Crippen LogP contribution in [-0.2, 0) is 83.2 Å².